The minimum atomic E-state index is -0.157. The van der Waals surface area contributed by atoms with Crippen LogP contribution >= 0.6 is 11.6 Å². The van der Waals surface area contributed by atoms with Crippen molar-refractivity contribution in [2.75, 3.05) is 30.4 Å². The van der Waals surface area contributed by atoms with Crippen LogP contribution in [0.15, 0.2) is 48.5 Å². The molecule has 0 unspecified atom stereocenters. The van der Waals surface area contributed by atoms with E-state index < -0.39 is 0 Å². The molecule has 184 valence electrons. The number of halogens is 1. The number of hydrogen-bond donors (Lipinski definition) is 2. The van der Waals surface area contributed by atoms with E-state index in [0.29, 0.717) is 43.2 Å². The van der Waals surface area contributed by atoms with E-state index in [9.17, 15) is 9.59 Å². The monoisotopic (exact) mass is 495 g/mol. The van der Waals surface area contributed by atoms with Crippen molar-refractivity contribution in [2.24, 2.45) is 5.92 Å². The Labute approximate surface area is 210 Å². The number of amides is 2. The lowest BCUT2D eigenvalue weighted by atomic mass is 9.95. The number of methoxy groups -OCH3 is 1. The Morgan fingerprint density at radius 2 is 1.80 bits per heavy atom. The van der Waals surface area contributed by atoms with Gasteiger partial charge in [0.1, 0.15) is 11.4 Å². The third-order valence-corrected chi connectivity index (χ3v) is 6.47. The summed E-state index contributed by atoms with van der Waals surface area (Å²) in [6.07, 6.45) is 1.39. The van der Waals surface area contributed by atoms with Crippen LogP contribution in [-0.2, 0) is 16.1 Å². The zero-order valence-corrected chi connectivity index (χ0v) is 20.9. The largest absolute Gasteiger partial charge is 0.496 e. The Balaban J connectivity index is 1.48. The van der Waals surface area contributed by atoms with Crippen molar-refractivity contribution in [3.63, 3.8) is 0 Å². The van der Waals surface area contributed by atoms with Crippen LogP contribution in [0.1, 0.15) is 31.0 Å². The number of carbonyl (C=O) groups excluding carboxylic acids is 2. The molecule has 35 heavy (non-hydrogen) atoms. The molecule has 2 N–H and O–H groups in total. The molecular weight excluding hydrogens is 466 g/mol. The molecule has 8 nitrogen and oxygen atoms in total. The summed E-state index contributed by atoms with van der Waals surface area (Å²) in [6.45, 7) is 5.12. The molecule has 0 saturated carbocycles. The fourth-order valence-corrected chi connectivity index (χ4v) is 4.55. The van der Waals surface area contributed by atoms with Gasteiger partial charge in [-0.05, 0) is 50.1 Å². The zero-order chi connectivity index (χ0) is 24.9. The van der Waals surface area contributed by atoms with Gasteiger partial charge in [-0.15, -0.1) is 0 Å². The van der Waals surface area contributed by atoms with E-state index >= 15 is 0 Å². The fraction of sp³-hybridized carbons (Fsp3) is 0.346. The molecule has 2 heterocycles. The number of carbonyl (C=O) groups is 2. The summed E-state index contributed by atoms with van der Waals surface area (Å²) < 4.78 is 7.21. The topological polar surface area (TPSA) is 88.5 Å². The third kappa shape index (κ3) is 5.59. The Morgan fingerprint density at radius 3 is 2.46 bits per heavy atom. The maximum atomic E-state index is 12.9. The molecule has 0 spiro atoms. The lowest BCUT2D eigenvalue weighted by Crippen LogP contribution is -2.41. The molecule has 1 aliphatic rings. The second-order valence-corrected chi connectivity index (χ2v) is 9.08. The third-order valence-electron chi connectivity index (χ3n) is 6.22. The molecule has 0 atom stereocenters. The summed E-state index contributed by atoms with van der Waals surface area (Å²) in [5.41, 5.74) is 3.21. The van der Waals surface area contributed by atoms with Gasteiger partial charge in [0.25, 0.3) is 0 Å². The summed E-state index contributed by atoms with van der Waals surface area (Å²) in [4.78, 5) is 27.0. The molecule has 9 heteroatoms. The molecule has 4 rings (SSSR count). The highest BCUT2D eigenvalue weighted by Crippen LogP contribution is 2.35. The molecule has 0 radical (unpaired) electrons. The minimum absolute atomic E-state index is 0.0417. The second-order valence-electron chi connectivity index (χ2n) is 8.64. The van der Waals surface area contributed by atoms with Crippen LogP contribution in [0.3, 0.4) is 0 Å². The quantitative estimate of drug-likeness (QED) is 0.509. The van der Waals surface area contributed by atoms with Gasteiger partial charge in [-0.3, -0.25) is 9.59 Å². The Morgan fingerprint density at radius 1 is 1.11 bits per heavy atom. The van der Waals surface area contributed by atoms with E-state index in [1.54, 1.807) is 7.11 Å². The Kier molecular flexibility index (Phi) is 7.60. The lowest BCUT2D eigenvalue weighted by Gasteiger charge is -2.33. The first kappa shape index (κ1) is 24.6. The highest BCUT2D eigenvalue weighted by atomic mass is 35.5. The van der Waals surface area contributed by atoms with E-state index in [1.807, 2.05) is 60.1 Å². The molecule has 1 saturated heterocycles. The maximum Gasteiger partial charge on any atom is 0.223 e. The number of ether oxygens (including phenoxy) is 1. The summed E-state index contributed by atoms with van der Waals surface area (Å²) in [5.74, 6) is 1.38. The lowest BCUT2D eigenvalue weighted by molar-refractivity contribution is -0.125. The van der Waals surface area contributed by atoms with Gasteiger partial charge in [0.15, 0.2) is 5.82 Å². The normalized spacial score (nSPS) is 14.0. The van der Waals surface area contributed by atoms with Crippen molar-refractivity contribution in [1.82, 2.24) is 15.1 Å². The average molecular weight is 496 g/mol. The molecule has 2 aromatic carbocycles. The van der Waals surface area contributed by atoms with Crippen LogP contribution < -0.4 is 20.3 Å². The van der Waals surface area contributed by atoms with Crippen LogP contribution in [0.4, 0.5) is 11.5 Å². The number of rotatable bonds is 7. The molecule has 2 amide bonds. The molecule has 1 aromatic heterocycles. The first-order valence-corrected chi connectivity index (χ1v) is 12.0. The molecule has 1 aliphatic heterocycles. The molecular formula is C26H30ClN5O3. The summed E-state index contributed by atoms with van der Waals surface area (Å²) >= 11 is 6.08. The van der Waals surface area contributed by atoms with Gasteiger partial charge in [0, 0.05) is 43.1 Å². The van der Waals surface area contributed by atoms with E-state index in [4.69, 9.17) is 21.4 Å². The SMILES string of the molecule is COc1ccccc1CNC(=O)C1CCN(c2c(NC(C)=O)c(C)nn2-c2ccc(Cl)cc2)CC1. The van der Waals surface area contributed by atoms with Crippen LogP contribution in [-0.4, -0.2) is 41.8 Å². The molecule has 0 bridgehead atoms. The van der Waals surface area contributed by atoms with Crippen molar-refractivity contribution < 1.29 is 14.3 Å². The van der Waals surface area contributed by atoms with Gasteiger partial charge < -0.3 is 20.3 Å². The van der Waals surface area contributed by atoms with E-state index in [2.05, 4.69) is 15.5 Å². The number of nitrogens with one attached hydrogen (secondary N) is 2. The number of anilines is 2. The maximum absolute atomic E-state index is 12.9. The average Bonchev–Trinajstić information content (AvgIpc) is 3.18. The van der Waals surface area contributed by atoms with E-state index in [0.717, 1.165) is 28.5 Å². The van der Waals surface area contributed by atoms with Crippen LogP contribution in [0.2, 0.25) is 5.02 Å². The Hall–Kier alpha value is -3.52. The number of aromatic nitrogens is 2. The molecule has 0 aliphatic carbocycles. The fourth-order valence-electron chi connectivity index (χ4n) is 4.42. The zero-order valence-electron chi connectivity index (χ0n) is 20.2. The smallest absolute Gasteiger partial charge is 0.223 e. The van der Waals surface area contributed by atoms with Crippen molar-refractivity contribution in [1.29, 1.82) is 0 Å². The van der Waals surface area contributed by atoms with Crippen LogP contribution in [0, 0.1) is 12.8 Å². The number of piperidine rings is 1. The van der Waals surface area contributed by atoms with Crippen molar-refractivity contribution in [2.45, 2.75) is 33.2 Å². The number of benzene rings is 2. The summed E-state index contributed by atoms with van der Waals surface area (Å²) in [5, 5.41) is 11.3. The van der Waals surface area contributed by atoms with Gasteiger partial charge >= 0.3 is 0 Å². The highest BCUT2D eigenvalue weighted by Gasteiger charge is 2.30. The van der Waals surface area contributed by atoms with Gasteiger partial charge in [0.2, 0.25) is 11.8 Å². The van der Waals surface area contributed by atoms with Gasteiger partial charge in [0.05, 0.1) is 18.5 Å². The van der Waals surface area contributed by atoms with Crippen LogP contribution in [0.25, 0.3) is 5.69 Å². The van der Waals surface area contributed by atoms with Crippen molar-refractivity contribution >= 4 is 34.9 Å². The first-order chi connectivity index (χ1) is 16.9. The predicted molar refractivity (Wildman–Crippen MR) is 137 cm³/mol. The van der Waals surface area contributed by atoms with E-state index in [1.165, 1.54) is 6.92 Å². The number of aryl methyl sites for hydroxylation is 1. The standard InChI is InChI=1S/C26H30ClN5O3/c1-17-24(29-18(2)33)26(32(30-17)22-10-8-21(27)9-11-22)31-14-12-19(13-15-31)25(34)28-16-20-6-4-5-7-23(20)35-3/h4-11,19H,12-16H2,1-3H3,(H,28,34)(H,29,33). The summed E-state index contributed by atoms with van der Waals surface area (Å²) in [7, 11) is 1.63. The molecule has 1 fully saturated rings. The number of para-hydroxylation sites is 1. The predicted octanol–water partition coefficient (Wildman–Crippen LogP) is 4.33. The van der Waals surface area contributed by atoms with E-state index in [-0.39, 0.29) is 17.7 Å². The highest BCUT2D eigenvalue weighted by molar-refractivity contribution is 6.30. The Bertz CT molecular complexity index is 1200. The minimum Gasteiger partial charge on any atom is -0.496 e. The number of hydrogen-bond acceptors (Lipinski definition) is 5. The number of nitrogens with zero attached hydrogens (tertiary/aromatic N) is 3. The van der Waals surface area contributed by atoms with Crippen molar-refractivity contribution in [3.05, 3.63) is 64.8 Å². The van der Waals surface area contributed by atoms with Gasteiger partial charge in [-0.2, -0.15) is 5.10 Å². The summed E-state index contributed by atoms with van der Waals surface area (Å²) in [6, 6.07) is 15.1. The first-order valence-electron chi connectivity index (χ1n) is 11.6. The second kappa shape index (κ2) is 10.8. The van der Waals surface area contributed by atoms with Crippen LogP contribution in [0.5, 0.6) is 5.75 Å². The van der Waals surface area contributed by atoms with Gasteiger partial charge in [-0.1, -0.05) is 29.8 Å². The van der Waals surface area contributed by atoms with Gasteiger partial charge in [-0.25, -0.2) is 4.68 Å². The van der Waals surface area contributed by atoms with Crippen molar-refractivity contribution in [3.8, 4) is 11.4 Å². The molecule has 3 aromatic rings.